The Balaban J connectivity index is 1.63. The normalized spacial score (nSPS) is 17.9. The van der Waals surface area contributed by atoms with Crippen LogP contribution < -0.4 is 20.1 Å². The molecule has 2 aliphatic rings. The van der Waals surface area contributed by atoms with Crippen molar-refractivity contribution in [1.29, 1.82) is 0 Å². The number of ether oxygens (including phenoxy) is 2. The van der Waals surface area contributed by atoms with Crippen LogP contribution in [-0.2, 0) is 10.2 Å². The highest BCUT2D eigenvalue weighted by Crippen LogP contribution is 2.29. The number of hydrogen-bond acceptors (Lipinski definition) is 6. The lowest BCUT2D eigenvalue weighted by Gasteiger charge is -2.24. The summed E-state index contributed by atoms with van der Waals surface area (Å²) in [6.45, 7) is 6.05. The molecule has 2 aromatic rings. The number of hydrogen-bond donors (Lipinski definition) is 2. The Kier molecular flexibility index (Phi) is 6.41. The van der Waals surface area contributed by atoms with Crippen molar-refractivity contribution in [3.63, 3.8) is 0 Å². The summed E-state index contributed by atoms with van der Waals surface area (Å²) in [7, 11) is 3.07. The number of nitrogens with zero attached hydrogens (tertiary/aromatic N) is 4. The molecule has 1 unspecified atom stereocenters. The van der Waals surface area contributed by atoms with Crippen molar-refractivity contribution in [2.45, 2.75) is 51.9 Å². The van der Waals surface area contributed by atoms with Gasteiger partial charge in [0.05, 0.1) is 25.8 Å². The summed E-state index contributed by atoms with van der Waals surface area (Å²) in [6.07, 6.45) is 3.54. The highest BCUT2D eigenvalue weighted by molar-refractivity contribution is 6.16. The molecule has 0 radical (unpaired) electrons. The molecule has 0 bridgehead atoms. The summed E-state index contributed by atoms with van der Waals surface area (Å²) >= 11 is 0. The Morgan fingerprint density at radius 2 is 1.74 bits per heavy atom. The fourth-order valence-corrected chi connectivity index (χ4v) is 3.97. The van der Waals surface area contributed by atoms with Crippen LogP contribution in [0.15, 0.2) is 34.3 Å². The van der Waals surface area contributed by atoms with Gasteiger partial charge in [0.2, 0.25) is 0 Å². The zero-order chi connectivity index (χ0) is 24.5. The van der Waals surface area contributed by atoms with Gasteiger partial charge in [0.1, 0.15) is 17.3 Å². The van der Waals surface area contributed by atoms with Crippen LogP contribution in [0.2, 0.25) is 0 Å². The van der Waals surface area contributed by atoms with Crippen molar-refractivity contribution in [3.8, 4) is 11.5 Å². The Morgan fingerprint density at radius 3 is 2.38 bits per heavy atom. The van der Waals surface area contributed by atoms with E-state index in [1.54, 1.807) is 24.3 Å². The number of carbonyl (C=O) groups excluding carboxylic acids is 2. The Bertz CT molecular complexity index is 1150. The molecule has 0 saturated heterocycles. The van der Waals surface area contributed by atoms with Gasteiger partial charge in [-0.1, -0.05) is 27.2 Å². The first kappa shape index (κ1) is 23.5. The minimum Gasteiger partial charge on any atom is -0.497 e. The van der Waals surface area contributed by atoms with E-state index in [9.17, 15) is 9.59 Å². The van der Waals surface area contributed by atoms with Crippen LogP contribution in [-0.4, -0.2) is 47.6 Å². The molecule has 1 aromatic heterocycles. The minimum absolute atomic E-state index is 0.173. The van der Waals surface area contributed by atoms with Gasteiger partial charge in [0.25, 0.3) is 11.9 Å². The second kappa shape index (κ2) is 9.28. The van der Waals surface area contributed by atoms with E-state index in [1.165, 1.54) is 18.9 Å². The van der Waals surface area contributed by atoms with Gasteiger partial charge < -0.3 is 14.8 Å². The third kappa shape index (κ3) is 4.95. The van der Waals surface area contributed by atoms with E-state index in [0.29, 0.717) is 23.0 Å². The van der Waals surface area contributed by atoms with Crippen molar-refractivity contribution in [2.75, 3.05) is 24.9 Å². The number of benzene rings is 1. The maximum atomic E-state index is 12.9. The molecule has 4 rings (SSSR count). The Hall–Kier alpha value is -3.69. The van der Waals surface area contributed by atoms with Gasteiger partial charge in [-0.25, -0.2) is 9.79 Å². The van der Waals surface area contributed by atoms with Gasteiger partial charge in [-0.3, -0.25) is 10.1 Å². The molecule has 0 spiro atoms. The van der Waals surface area contributed by atoms with Gasteiger partial charge in [-0.2, -0.15) is 14.8 Å². The number of fused-ring (bicyclic) bond motifs is 1. The van der Waals surface area contributed by atoms with E-state index in [2.05, 4.69) is 25.7 Å². The lowest BCUT2D eigenvalue weighted by atomic mass is 9.86. The zero-order valence-corrected chi connectivity index (χ0v) is 20.1. The molecule has 1 aliphatic heterocycles. The molecular weight excluding hydrogens is 436 g/mol. The number of amides is 3. The van der Waals surface area contributed by atoms with Crippen molar-refractivity contribution < 1.29 is 19.1 Å². The maximum absolute atomic E-state index is 12.9. The largest absolute Gasteiger partial charge is 0.497 e. The summed E-state index contributed by atoms with van der Waals surface area (Å²) in [5, 5.41) is 10.2. The molecule has 1 atom stereocenters. The zero-order valence-electron chi connectivity index (χ0n) is 20.1. The molecule has 10 heteroatoms. The molecular formula is C24H30N6O4. The van der Waals surface area contributed by atoms with Gasteiger partial charge in [-0.15, -0.1) is 0 Å². The highest BCUT2D eigenvalue weighted by Gasteiger charge is 2.32. The topological polar surface area (TPSA) is 119 Å². The third-order valence-corrected chi connectivity index (χ3v) is 5.85. The van der Waals surface area contributed by atoms with Gasteiger partial charge >= 0.3 is 6.03 Å². The second-order valence-electron chi connectivity index (χ2n) is 9.41. The molecule has 1 aromatic carbocycles. The molecule has 1 fully saturated rings. The average Bonchev–Trinajstić information content (AvgIpc) is 3.23. The third-order valence-electron chi connectivity index (χ3n) is 5.85. The first-order chi connectivity index (χ1) is 16.2. The number of aliphatic imine (C=N–C) groups is 2. The van der Waals surface area contributed by atoms with Gasteiger partial charge in [0, 0.05) is 41.1 Å². The van der Waals surface area contributed by atoms with Crippen LogP contribution in [0.25, 0.3) is 0 Å². The quantitative estimate of drug-likeness (QED) is 0.699. The first-order valence-electron chi connectivity index (χ1n) is 11.3. The number of anilines is 2. The SMILES string of the molecule is COc1cc(NC(=O)Nc2cc(C(C)(C)C)nn2C2=NC(=O)C3CCCCC3=N2)cc(OC)c1. The van der Waals surface area contributed by atoms with Crippen molar-refractivity contribution in [2.24, 2.45) is 15.9 Å². The van der Waals surface area contributed by atoms with Crippen molar-refractivity contribution in [1.82, 2.24) is 9.78 Å². The van der Waals surface area contributed by atoms with E-state index in [0.717, 1.165) is 37.1 Å². The summed E-state index contributed by atoms with van der Waals surface area (Å²) in [5.74, 6) is 1.18. The monoisotopic (exact) mass is 466 g/mol. The molecule has 2 heterocycles. The Labute approximate surface area is 198 Å². The summed E-state index contributed by atoms with van der Waals surface area (Å²) in [6, 6.07) is 6.34. The van der Waals surface area contributed by atoms with Gasteiger partial charge in [0.15, 0.2) is 0 Å². The lowest BCUT2D eigenvalue weighted by molar-refractivity contribution is -0.120. The summed E-state index contributed by atoms with van der Waals surface area (Å²) in [5.41, 5.74) is 1.77. The van der Waals surface area contributed by atoms with Crippen LogP contribution in [0, 0.1) is 5.92 Å². The fourth-order valence-electron chi connectivity index (χ4n) is 3.97. The number of aromatic nitrogens is 2. The molecule has 3 amide bonds. The molecule has 2 N–H and O–H groups in total. The number of urea groups is 1. The van der Waals surface area contributed by atoms with Crippen LogP contribution >= 0.6 is 0 Å². The molecule has 10 nitrogen and oxygen atoms in total. The highest BCUT2D eigenvalue weighted by atomic mass is 16.5. The number of nitrogens with one attached hydrogen (secondary N) is 2. The summed E-state index contributed by atoms with van der Waals surface area (Å²) < 4.78 is 12.0. The lowest BCUT2D eigenvalue weighted by Crippen LogP contribution is -2.34. The van der Waals surface area contributed by atoms with Crippen LogP contribution in [0.3, 0.4) is 0 Å². The first-order valence-corrected chi connectivity index (χ1v) is 11.3. The van der Waals surface area contributed by atoms with Crippen molar-refractivity contribution >= 4 is 35.1 Å². The van der Waals surface area contributed by atoms with E-state index in [4.69, 9.17) is 9.47 Å². The number of carbonyl (C=O) groups is 2. The van der Waals surface area contributed by atoms with E-state index in [-0.39, 0.29) is 23.2 Å². The van der Waals surface area contributed by atoms with Crippen molar-refractivity contribution in [3.05, 3.63) is 30.0 Å². The Morgan fingerprint density at radius 1 is 1.03 bits per heavy atom. The van der Waals surface area contributed by atoms with Crippen LogP contribution in [0.1, 0.15) is 52.1 Å². The van der Waals surface area contributed by atoms with E-state index < -0.39 is 6.03 Å². The second-order valence-corrected chi connectivity index (χ2v) is 9.41. The molecule has 1 saturated carbocycles. The van der Waals surface area contributed by atoms with Crippen LogP contribution in [0.4, 0.5) is 16.3 Å². The summed E-state index contributed by atoms with van der Waals surface area (Å²) in [4.78, 5) is 34.4. The van der Waals surface area contributed by atoms with E-state index in [1.807, 2.05) is 20.8 Å². The smallest absolute Gasteiger partial charge is 0.324 e. The number of rotatable bonds is 4. The maximum Gasteiger partial charge on any atom is 0.324 e. The fraction of sp³-hybridized carbons (Fsp3) is 0.458. The predicted octanol–water partition coefficient (Wildman–Crippen LogP) is 4.22. The van der Waals surface area contributed by atoms with Gasteiger partial charge in [-0.05, 0) is 19.3 Å². The van der Waals surface area contributed by atoms with Crippen LogP contribution in [0.5, 0.6) is 11.5 Å². The molecule has 1 aliphatic carbocycles. The standard InChI is InChI=1S/C24H30N6O4/c1-24(2,3)19-13-20(27-23(32)25-14-10-15(33-4)12-16(11-14)34-5)30(29-19)22-26-18-9-7-6-8-17(18)21(31)28-22/h10-13,17H,6-9H2,1-5H3,(H2,25,27,32). The average molecular weight is 467 g/mol. The molecule has 34 heavy (non-hydrogen) atoms. The van der Waals surface area contributed by atoms with E-state index >= 15 is 0 Å². The number of methoxy groups -OCH3 is 2. The minimum atomic E-state index is -0.497. The predicted molar refractivity (Wildman–Crippen MR) is 130 cm³/mol. The molecule has 180 valence electrons.